The van der Waals surface area contributed by atoms with Crippen LogP contribution in [-0.2, 0) is 17.4 Å². The molecule has 0 spiro atoms. The monoisotopic (exact) mass is 409 g/mol. The fraction of sp³-hybridized carbons (Fsp3) is 0.300. The maximum atomic E-state index is 13.7. The van der Waals surface area contributed by atoms with Crippen molar-refractivity contribution in [2.24, 2.45) is 0 Å². The summed E-state index contributed by atoms with van der Waals surface area (Å²) in [4.78, 5) is 14.4. The predicted octanol–water partition coefficient (Wildman–Crippen LogP) is 4.64. The summed E-state index contributed by atoms with van der Waals surface area (Å²) in [5.41, 5.74) is -2.19. The van der Waals surface area contributed by atoms with Crippen molar-refractivity contribution in [3.8, 4) is 6.07 Å². The number of hydrogen-bond acceptors (Lipinski definition) is 3. The first-order chi connectivity index (χ1) is 13.4. The molecule has 1 aliphatic heterocycles. The van der Waals surface area contributed by atoms with Gasteiger partial charge in [-0.25, -0.2) is 8.78 Å². The van der Waals surface area contributed by atoms with Crippen LogP contribution < -0.4 is 10.2 Å². The van der Waals surface area contributed by atoms with E-state index in [-0.39, 0.29) is 5.69 Å². The van der Waals surface area contributed by atoms with Crippen LogP contribution in [-0.4, -0.2) is 18.0 Å². The van der Waals surface area contributed by atoms with E-state index in [2.05, 4.69) is 5.32 Å². The van der Waals surface area contributed by atoms with Crippen molar-refractivity contribution < 1.29 is 26.7 Å². The Kier molecular flexibility index (Phi) is 4.99. The number of nitrogens with one attached hydrogen (secondary N) is 1. The zero-order chi connectivity index (χ0) is 21.6. The average Bonchev–Trinajstić information content (AvgIpc) is 3.04. The van der Waals surface area contributed by atoms with Crippen LogP contribution in [0.2, 0.25) is 0 Å². The van der Waals surface area contributed by atoms with Gasteiger partial charge >= 0.3 is 6.18 Å². The molecule has 0 bridgehead atoms. The summed E-state index contributed by atoms with van der Waals surface area (Å²) >= 11 is 0. The Hall–Kier alpha value is -3.15. The van der Waals surface area contributed by atoms with Crippen molar-refractivity contribution in [1.29, 1.82) is 5.26 Å². The third kappa shape index (κ3) is 3.75. The lowest BCUT2D eigenvalue weighted by atomic mass is 10.00. The smallest absolute Gasteiger partial charge is 0.357 e. The molecule has 0 atom stereocenters. The van der Waals surface area contributed by atoms with Crippen LogP contribution >= 0.6 is 0 Å². The Bertz CT molecular complexity index is 1020. The van der Waals surface area contributed by atoms with Crippen molar-refractivity contribution in [1.82, 2.24) is 0 Å². The van der Waals surface area contributed by atoms with Gasteiger partial charge in [0.2, 0.25) is 5.91 Å². The van der Waals surface area contributed by atoms with E-state index in [4.69, 9.17) is 5.26 Å². The lowest BCUT2D eigenvalue weighted by molar-refractivity contribution is -0.137. The van der Waals surface area contributed by atoms with E-state index in [0.29, 0.717) is 30.3 Å². The zero-order valence-corrected chi connectivity index (χ0v) is 15.5. The number of anilines is 2. The summed E-state index contributed by atoms with van der Waals surface area (Å²) in [6.45, 7) is 3.39. The minimum atomic E-state index is -4.75. The molecule has 1 aliphatic rings. The molecular formula is C20H16F5N3O. The van der Waals surface area contributed by atoms with E-state index < -0.39 is 40.4 Å². The molecule has 1 heterocycles. The summed E-state index contributed by atoms with van der Waals surface area (Å²) in [5.74, 6) is -2.66. The number of fused-ring (bicyclic) bond motifs is 1. The molecule has 0 radical (unpaired) electrons. The van der Waals surface area contributed by atoms with Crippen LogP contribution in [0.25, 0.3) is 0 Å². The summed E-state index contributed by atoms with van der Waals surface area (Å²) in [7, 11) is 0. The first-order valence-corrected chi connectivity index (χ1v) is 8.63. The van der Waals surface area contributed by atoms with Crippen LogP contribution in [0.1, 0.15) is 30.5 Å². The number of rotatable bonds is 3. The number of benzene rings is 2. The molecule has 0 fully saturated rings. The number of carbonyl (C=O) groups is 1. The second-order valence-electron chi connectivity index (χ2n) is 7.18. The third-order valence-electron chi connectivity index (χ3n) is 4.95. The number of amides is 1. The van der Waals surface area contributed by atoms with Gasteiger partial charge in [-0.1, -0.05) is 0 Å². The molecule has 29 heavy (non-hydrogen) atoms. The molecule has 1 N–H and O–H groups in total. The van der Waals surface area contributed by atoms with Gasteiger partial charge < -0.3 is 10.2 Å². The first kappa shape index (κ1) is 20.6. The summed E-state index contributed by atoms with van der Waals surface area (Å²) in [6.07, 6.45) is -4.35. The Morgan fingerprint density at radius 3 is 2.41 bits per heavy atom. The maximum Gasteiger partial charge on any atom is 0.417 e. The van der Waals surface area contributed by atoms with Gasteiger partial charge in [-0.3, -0.25) is 4.79 Å². The van der Waals surface area contributed by atoms with Crippen molar-refractivity contribution in [3.63, 3.8) is 0 Å². The van der Waals surface area contributed by atoms with E-state index in [1.807, 2.05) is 0 Å². The lowest BCUT2D eigenvalue weighted by Crippen LogP contribution is -2.52. The van der Waals surface area contributed by atoms with Crippen molar-refractivity contribution in [3.05, 3.63) is 58.7 Å². The minimum Gasteiger partial charge on any atom is -0.357 e. The van der Waals surface area contributed by atoms with Crippen LogP contribution in [0.15, 0.2) is 30.3 Å². The van der Waals surface area contributed by atoms with E-state index in [9.17, 15) is 26.7 Å². The predicted molar refractivity (Wildman–Crippen MR) is 96.3 cm³/mol. The van der Waals surface area contributed by atoms with E-state index in [1.54, 1.807) is 4.90 Å². The number of nitrogens with zero attached hydrogens (tertiary/aromatic N) is 2. The van der Waals surface area contributed by atoms with Gasteiger partial charge in [0, 0.05) is 24.0 Å². The highest BCUT2D eigenvalue weighted by Gasteiger charge is 2.39. The standard InChI is InChI=1S/C20H16F5N3O/c1-19(2,28-6-5-11-7-15(21)16(22)9-17(11)28)18(29)27-13-4-3-12(10-26)14(8-13)20(23,24)25/h3-4,7-9H,5-6H2,1-2H3,(H,27,29). The van der Waals surface area contributed by atoms with Gasteiger partial charge in [0.1, 0.15) is 5.54 Å². The second-order valence-corrected chi connectivity index (χ2v) is 7.18. The van der Waals surface area contributed by atoms with Gasteiger partial charge in [0.25, 0.3) is 0 Å². The molecule has 0 saturated carbocycles. The maximum absolute atomic E-state index is 13.7. The molecule has 2 aromatic rings. The number of halogens is 5. The molecule has 0 saturated heterocycles. The van der Waals surface area contributed by atoms with Crippen LogP contribution in [0.3, 0.4) is 0 Å². The molecular weight excluding hydrogens is 393 g/mol. The highest BCUT2D eigenvalue weighted by Crippen LogP contribution is 2.37. The van der Waals surface area contributed by atoms with Gasteiger partial charge in [-0.05, 0) is 50.1 Å². The average molecular weight is 409 g/mol. The van der Waals surface area contributed by atoms with Crippen LogP contribution in [0.5, 0.6) is 0 Å². The van der Waals surface area contributed by atoms with E-state index in [0.717, 1.165) is 18.2 Å². The first-order valence-electron chi connectivity index (χ1n) is 8.63. The second kappa shape index (κ2) is 7.03. The molecule has 4 nitrogen and oxygen atoms in total. The van der Waals surface area contributed by atoms with Crippen molar-refractivity contribution >= 4 is 17.3 Å². The van der Waals surface area contributed by atoms with Crippen LogP contribution in [0.4, 0.5) is 33.3 Å². The van der Waals surface area contributed by atoms with Gasteiger partial charge in [-0.15, -0.1) is 0 Å². The largest absolute Gasteiger partial charge is 0.417 e. The quantitative estimate of drug-likeness (QED) is 0.752. The minimum absolute atomic E-state index is 0.126. The lowest BCUT2D eigenvalue weighted by Gasteiger charge is -2.36. The zero-order valence-electron chi connectivity index (χ0n) is 15.5. The van der Waals surface area contributed by atoms with Gasteiger partial charge in [-0.2, -0.15) is 18.4 Å². The number of alkyl halides is 3. The molecule has 9 heteroatoms. The van der Waals surface area contributed by atoms with E-state index in [1.165, 1.54) is 26.0 Å². The van der Waals surface area contributed by atoms with E-state index >= 15 is 0 Å². The highest BCUT2D eigenvalue weighted by atomic mass is 19.4. The number of hydrogen-bond donors (Lipinski definition) is 1. The van der Waals surface area contributed by atoms with Gasteiger partial charge in [0.15, 0.2) is 11.6 Å². The van der Waals surface area contributed by atoms with Crippen molar-refractivity contribution in [2.75, 3.05) is 16.8 Å². The Morgan fingerprint density at radius 1 is 1.14 bits per heavy atom. The van der Waals surface area contributed by atoms with Crippen molar-refractivity contribution in [2.45, 2.75) is 32.0 Å². The Balaban J connectivity index is 1.89. The third-order valence-corrected chi connectivity index (χ3v) is 4.95. The molecule has 2 aromatic carbocycles. The Labute approximate surface area is 163 Å². The Morgan fingerprint density at radius 2 is 1.79 bits per heavy atom. The molecule has 3 rings (SSSR count). The summed E-state index contributed by atoms with van der Waals surface area (Å²) in [5, 5.41) is 11.3. The summed E-state index contributed by atoms with van der Waals surface area (Å²) in [6, 6.07) is 6.44. The molecule has 0 aliphatic carbocycles. The fourth-order valence-electron chi connectivity index (χ4n) is 3.32. The molecule has 0 unspecified atom stereocenters. The molecule has 0 aromatic heterocycles. The SMILES string of the molecule is CC(C)(C(=O)Nc1ccc(C#N)c(C(F)(F)F)c1)N1CCc2cc(F)c(F)cc21. The number of nitriles is 1. The summed E-state index contributed by atoms with van der Waals surface area (Å²) < 4.78 is 66.5. The van der Waals surface area contributed by atoms with Crippen LogP contribution in [0, 0.1) is 23.0 Å². The fourth-order valence-corrected chi connectivity index (χ4v) is 3.32. The molecule has 152 valence electrons. The number of carbonyl (C=O) groups excluding carboxylic acids is 1. The normalized spacial score (nSPS) is 13.8. The molecule has 1 amide bonds. The topological polar surface area (TPSA) is 56.1 Å². The van der Waals surface area contributed by atoms with Gasteiger partial charge in [0.05, 0.1) is 17.2 Å². The highest BCUT2D eigenvalue weighted by molar-refractivity contribution is 6.00.